The van der Waals surface area contributed by atoms with Crippen molar-refractivity contribution in [3.63, 3.8) is 0 Å². The van der Waals surface area contributed by atoms with Gasteiger partial charge in [0.2, 0.25) is 5.91 Å². The molecule has 1 aliphatic heterocycles. The molecule has 0 spiro atoms. The van der Waals surface area contributed by atoms with Crippen LogP contribution in [0.15, 0.2) is 23.7 Å². The van der Waals surface area contributed by atoms with E-state index in [0.717, 1.165) is 6.07 Å². The Labute approximate surface area is 147 Å². The van der Waals surface area contributed by atoms with E-state index in [-0.39, 0.29) is 18.0 Å². The van der Waals surface area contributed by atoms with Crippen molar-refractivity contribution in [3.05, 3.63) is 40.6 Å². The fourth-order valence-electron chi connectivity index (χ4n) is 2.42. The molecular formula is C18H23BFNO4. The predicted molar refractivity (Wildman–Crippen MR) is 94.5 cm³/mol. The van der Waals surface area contributed by atoms with Gasteiger partial charge >= 0.3 is 7.12 Å². The summed E-state index contributed by atoms with van der Waals surface area (Å²) in [7, 11) is -0.681. The lowest BCUT2D eigenvalue weighted by Crippen LogP contribution is -2.41. The molecule has 25 heavy (non-hydrogen) atoms. The second-order valence-electron chi connectivity index (χ2n) is 7.15. The molecule has 0 unspecified atom stereocenters. The van der Waals surface area contributed by atoms with Gasteiger partial charge in [-0.25, -0.2) is 4.39 Å². The Morgan fingerprint density at radius 3 is 2.24 bits per heavy atom. The van der Waals surface area contributed by atoms with Crippen LogP contribution >= 0.6 is 0 Å². The summed E-state index contributed by atoms with van der Waals surface area (Å²) in [5.74, 6) is -0.709. The maximum absolute atomic E-state index is 13.7. The Morgan fingerprint density at radius 1 is 1.16 bits per heavy atom. The molecule has 1 heterocycles. The van der Waals surface area contributed by atoms with Crippen molar-refractivity contribution < 1.29 is 23.3 Å². The van der Waals surface area contributed by atoms with E-state index in [4.69, 9.17) is 9.31 Å². The lowest BCUT2D eigenvalue weighted by atomic mass is 9.77. The van der Waals surface area contributed by atoms with Crippen LogP contribution in [0, 0.1) is 5.82 Å². The Balaban J connectivity index is 2.38. The van der Waals surface area contributed by atoms with Crippen molar-refractivity contribution in [1.29, 1.82) is 0 Å². The normalized spacial score (nSPS) is 19.0. The summed E-state index contributed by atoms with van der Waals surface area (Å²) in [6.07, 6.45) is 2.26. The zero-order valence-electron chi connectivity index (χ0n) is 15.2. The Kier molecular flexibility index (Phi) is 5.49. The van der Waals surface area contributed by atoms with Crippen LogP contribution < -0.4 is 5.32 Å². The average molecular weight is 347 g/mol. The van der Waals surface area contributed by atoms with E-state index in [0.29, 0.717) is 17.3 Å². The van der Waals surface area contributed by atoms with Crippen LogP contribution in [0.1, 0.15) is 50.5 Å². The lowest BCUT2D eigenvalue weighted by molar-refractivity contribution is -0.118. The molecule has 1 saturated heterocycles. The van der Waals surface area contributed by atoms with Gasteiger partial charge in [0, 0.05) is 19.0 Å². The number of halogens is 1. The highest BCUT2D eigenvalue weighted by molar-refractivity contribution is 6.56. The molecule has 7 heteroatoms. The SMILES string of the molecule is CC(=O)NCC(=Cc1cc(F)cc(C=O)c1)B1OC(C)(C)C(C)(C)O1. The van der Waals surface area contributed by atoms with Crippen molar-refractivity contribution in [1.82, 2.24) is 5.32 Å². The van der Waals surface area contributed by atoms with Gasteiger partial charge in [0.15, 0.2) is 0 Å². The molecule has 1 aromatic carbocycles. The first kappa shape index (κ1) is 19.3. The molecule has 0 bridgehead atoms. The number of carbonyl (C=O) groups excluding carboxylic acids is 2. The zero-order chi connectivity index (χ0) is 18.8. The highest BCUT2D eigenvalue weighted by Crippen LogP contribution is 2.38. The molecule has 0 saturated carbocycles. The number of nitrogens with one attached hydrogen (secondary N) is 1. The van der Waals surface area contributed by atoms with Gasteiger partial charge in [0.05, 0.1) is 11.2 Å². The Hall–Kier alpha value is -1.99. The van der Waals surface area contributed by atoms with Crippen LogP contribution in [0.25, 0.3) is 6.08 Å². The Morgan fingerprint density at radius 2 is 1.72 bits per heavy atom. The minimum absolute atomic E-state index is 0.194. The van der Waals surface area contributed by atoms with Crippen LogP contribution in [0.5, 0.6) is 0 Å². The van der Waals surface area contributed by atoms with E-state index in [1.807, 2.05) is 27.7 Å². The fraction of sp³-hybridized carbons (Fsp3) is 0.444. The lowest BCUT2D eigenvalue weighted by Gasteiger charge is -2.32. The molecule has 0 aliphatic carbocycles. The topological polar surface area (TPSA) is 64.6 Å². The highest BCUT2D eigenvalue weighted by Gasteiger charge is 2.52. The molecule has 0 atom stereocenters. The van der Waals surface area contributed by atoms with Gasteiger partial charge in [0.1, 0.15) is 12.1 Å². The largest absolute Gasteiger partial charge is 0.492 e. The summed E-state index contributed by atoms with van der Waals surface area (Å²) in [6.45, 7) is 9.31. The quantitative estimate of drug-likeness (QED) is 0.657. The van der Waals surface area contributed by atoms with E-state index in [9.17, 15) is 14.0 Å². The molecule has 0 aromatic heterocycles. The molecule has 1 N–H and O–H groups in total. The summed E-state index contributed by atoms with van der Waals surface area (Å²) in [5, 5.41) is 2.71. The van der Waals surface area contributed by atoms with E-state index >= 15 is 0 Å². The van der Waals surface area contributed by atoms with Crippen molar-refractivity contribution in [2.45, 2.75) is 45.8 Å². The van der Waals surface area contributed by atoms with Gasteiger partial charge < -0.3 is 14.6 Å². The van der Waals surface area contributed by atoms with Gasteiger partial charge in [-0.15, -0.1) is 0 Å². The first-order chi connectivity index (χ1) is 11.5. The molecule has 1 amide bonds. The van der Waals surface area contributed by atoms with Crippen LogP contribution in [0.4, 0.5) is 4.39 Å². The second-order valence-corrected chi connectivity index (χ2v) is 7.15. The van der Waals surface area contributed by atoms with E-state index in [2.05, 4.69) is 5.32 Å². The van der Waals surface area contributed by atoms with Crippen molar-refractivity contribution in [2.24, 2.45) is 0 Å². The third kappa shape index (κ3) is 4.55. The molecule has 134 valence electrons. The predicted octanol–water partition coefficient (Wildman–Crippen LogP) is 2.79. The maximum Gasteiger partial charge on any atom is 0.492 e. The number of amides is 1. The molecule has 5 nitrogen and oxygen atoms in total. The highest BCUT2D eigenvalue weighted by atomic mass is 19.1. The number of rotatable bonds is 5. The first-order valence-electron chi connectivity index (χ1n) is 8.10. The fourth-order valence-corrected chi connectivity index (χ4v) is 2.42. The monoisotopic (exact) mass is 347 g/mol. The van der Waals surface area contributed by atoms with Crippen LogP contribution in [-0.2, 0) is 14.1 Å². The number of hydrogen-bond acceptors (Lipinski definition) is 4. The standard InChI is InChI=1S/C18H23BFNO4/c1-12(23)21-10-15(19-24-17(2,3)18(4,5)25-19)7-13-6-14(11-22)9-16(20)8-13/h6-9,11H,10H2,1-5H3,(H,21,23). The maximum atomic E-state index is 13.7. The molecule has 1 fully saturated rings. The van der Waals surface area contributed by atoms with Crippen molar-refractivity contribution in [2.75, 3.05) is 6.54 Å². The van der Waals surface area contributed by atoms with Gasteiger partial charge in [-0.2, -0.15) is 0 Å². The average Bonchev–Trinajstić information content (AvgIpc) is 2.70. The van der Waals surface area contributed by atoms with E-state index in [1.54, 1.807) is 12.1 Å². The number of aldehydes is 1. The second kappa shape index (κ2) is 7.10. The summed E-state index contributed by atoms with van der Waals surface area (Å²) in [5.41, 5.74) is 0.290. The summed E-state index contributed by atoms with van der Waals surface area (Å²) in [6, 6.07) is 4.04. The van der Waals surface area contributed by atoms with Crippen molar-refractivity contribution >= 4 is 25.4 Å². The number of benzene rings is 1. The molecule has 0 radical (unpaired) electrons. The van der Waals surface area contributed by atoms with Gasteiger partial charge in [-0.05, 0) is 56.9 Å². The molecule has 1 aliphatic rings. The molecular weight excluding hydrogens is 324 g/mol. The zero-order valence-corrected chi connectivity index (χ0v) is 15.2. The van der Waals surface area contributed by atoms with Gasteiger partial charge in [0.25, 0.3) is 0 Å². The first-order valence-corrected chi connectivity index (χ1v) is 8.10. The number of hydrogen-bond donors (Lipinski definition) is 1. The van der Waals surface area contributed by atoms with Crippen LogP contribution in [-0.4, -0.2) is 37.1 Å². The summed E-state index contributed by atoms with van der Waals surface area (Å²) in [4.78, 5) is 22.2. The Bertz CT molecular complexity index is 699. The van der Waals surface area contributed by atoms with Gasteiger partial charge in [-0.3, -0.25) is 9.59 Å². The van der Waals surface area contributed by atoms with Crippen LogP contribution in [0.2, 0.25) is 0 Å². The number of carbonyl (C=O) groups is 2. The third-order valence-corrected chi connectivity index (χ3v) is 4.53. The van der Waals surface area contributed by atoms with E-state index in [1.165, 1.54) is 13.0 Å². The smallest absolute Gasteiger partial charge is 0.400 e. The minimum atomic E-state index is -0.681. The van der Waals surface area contributed by atoms with E-state index < -0.39 is 24.1 Å². The summed E-state index contributed by atoms with van der Waals surface area (Å²) < 4.78 is 25.7. The van der Waals surface area contributed by atoms with Crippen molar-refractivity contribution in [3.8, 4) is 0 Å². The molecule has 2 rings (SSSR count). The third-order valence-electron chi connectivity index (χ3n) is 4.53. The van der Waals surface area contributed by atoms with Gasteiger partial charge in [-0.1, -0.05) is 6.08 Å². The van der Waals surface area contributed by atoms with Crippen LogP contribution in [0.3, 0.4) is 0 Å². The minimum Gasteiger partial charge on any atom is -0.400 e. The molecule has 1 aromatic rings. The summed E-state index contributed by atoms with van der Waals surface area (Å²) >= 11 is 0.